The van der Waals surface area contributed by atoms with Crippen LogP contribution in [0.15, 0.2) is 0 Å². The Morgan fingerprint density at radius 1 is 0.450 bits per heavy atom. The molecule has 4 fully saturated rings. The molecule has 0 nitrogen and oxygen atoms in total. The maximum absolute atomic E-state index is 2.87. The Morgan fingerprint density at radius 3 is 1.05 bits per heavy atom. The molecular weight excluding hydrogens is 470 g/mol. The molecule has 0 atom stereocenters. The zero-order valence-corrected chi connectivity index (χ0v) is 17.0. The Morgan fingerprint density at radius 2 is 0.750 bits per heavy atom. The molecule has 0 unspecified atom stereocenters. The number of fused-ring (bicyclic) bond motifs is 5. The van der Waals surface area contributed by atoms with E-state index in [1.807, 2.05) is 0 Å². The number of hydrogen-bond donors (Lipinski definition) is 0. The lowest BCUT2D eigenvalue weighted by atomic mass is 9.43. The summed E-state index contributed by atoms with van der Waals surface area (Å²) >= 11 is 5.75. The molecule has 4 aliphatic carbocycles. The normalized spacial score (nSPS) is 55.5. The summed E-state index contributed by atoms with van der Waals surface area (Å²) < 4.78 is 1.37. The average molecular weight is 498 g/mol. The van der Waals surface area contributed by atoms with Gasteiger partial charge in [-0.25, -0.2) is 0 Å². The van der Waals surface area contributed by atoms with E-state index in [1.165, 1.54) is 51.4 Å². The van der Waals surface area contributed by atoms with Crippen molar-refractivity contribution in [3.05, 3.63) is 0 Å². The van der Waals surface area contributed by atoms with E-state index in [0.717, 1.165) is 10.8 Å². The minimum absolute atomic E-state index is 0.686. The molecule has 0 amide bonds. The largest absolute Gasteiger partial charge is 0.0789 e. The summed E-state index contributed by atoms with van der Waals surface area (Å²) in [7, 11) is 0. The molecular formula is C18H28I2. The summed E-state index contributed by atoms with van der Waals surface area (Å²) in [4.78, 5) is 0. The van der Waals surface area contributed by atoms with Crippen molar-refractivity contribution < 1.29 is 0 Å². The molecule has 0 aliphatic heterocycles. The first kappa shape index (κ1) is 15.0. The van der Waals surface area contributed by atoms with Crippen LogP contribution in [-0.4, -0.2) is 6.84 Å². The molecule has 114 valence electrons. The molecule has 0 aromatic heterocycles. The van der Waals surface area contributed by atoms with Crippen molar-refractivity contribution in [2.75, 3.05) is 0 Å². The molecule has 4 saturated carbocycles. The van der Waals surface area contributed by atoms with Crippen molar-refractivity contribution in [3.63, 3.8) is 0 Å². The van der Waals surface area contributed by atoms with Crippen LogP contribution >= 0.6 is 45.2 Å². The Labute approximate surface area is 151 Å². The maximum Gasteiger partial charge on any atom is 0.0228 e. The van der Waals surface area contributed by atoms with E-state index in [2.05, 4.69) is 45.2 Å². The first-order valence-corrected chi connectivity index (χ1v) is 11.0. The van der Waals surface area contributed by atoms with Gasteiger partial charge in [0.15, 0.2) is 0 Å². The van der Waals surface area contributed by atoms with Gasteiger partial charge < -0.3 is 0 Å². The second kappa shape index (κ2) is 4.98. The summed E-state index contributed by atoms with van der Waals surface area (Å²) in [5.74, 6) is 0. The number of hydrogen-bond acceptors (Lipinski definition) is 0. The van der Waals surface area contributed by atoms with Gasteiger partial charge in [-0.15, -0.1) is 0 Å². The summed E-state index contributed by atoms with van der Waals surface area (Å²) in [5.41, 5.74) is 1.50. The van der Waals surface area contributed by atoms with Gasteiger partial charge in [0.1, 0.15) is 0 Å². The second-order valence-corrected chi connectivity index (χ2v) is 13.2. The van der Waals surface area contributed by atoms with Gasteiger partial charge >= 0.3 is 0 Å². The van der Waals surface area contributed by atoms with E-state index in [9.17, 15) is 0 Å². The highest BCUT2D eigenvalue weighted by Crippen LogP contribution is 2.70. The predicted octanol–water partition coefficient (Wildman–Crippen LogP) is 6.82. The van der Waals surface area contributed by atoms with Crippen LogP contribution in [-0.2, 0) is 0 Å². The SMILES string of the molecule is IC12CCCC(C34CCCC(I)(CCC3)C4)(CCC1)C2. The zero-order chi connectivity index (χ0) is 13.9. The third-order valence-corrected chi connectivity index (χ3v) is 10.5. The van der Waals surface area contributed by atoms with Crippen LogP contribution in [0.4, 0.5) is 0 Å². The molecule has 4 aliphatic rings. The molecule has 2 heteroatoms. The first-order chi connectivity index (χ1) is 9.49. The quantitative estimate of drug-likeness (QED) is 0.275. The van der Waals surface area contributed by atoms with Crippen LogP contribution in [0.1, 0.15) is 89.9 Å². The number of halogens is 2. The Bertz CT molecular complexity index is 342. The lowest BCUT2D eigenvalue weighted by molar-refractivity contribution is -0.0920. The smallest absolute Gasteiger partial charge is 0.0228 e. The van der Waals surface area contributed by atoms with Gasteiger partial charge in [-0.05, 0) is 75.0 Å². The van der Waals surface area contributed by atoms with Gasteiger partial charge in [0, 0.05) is 6.84 Å². The van der Waals surface area contributed by atoms with Crippen LogP contribution < -0.4 is 0 Å². The fourth-order valence-corrected chi connectivity index (χ4v) is 9.82. The minimum Gasteiger partial charge on any atom is -0.0789 e. The van der Waals surface area contributed by atoms with Gasteiger partial charge in [0.05, 0.1) is 0 Å². The lowest BCUT2D eigenvalue weighted by Gasteiger charge is -2.64. The van der Waals surface area contributed by atoms with E-state index in [-0.39, 0.29) is 0 Å². The molecule has 0 aromatic carbocycles. The van der Waals surface area contributed by atoms with Crippen molar-refractivity contribution in [2.24, 2.45) is 10.8 Å². The van der Waals surface area contributed by atoms with Crippen molar-refractivity contribution in [1.29, 1.82) is 0 Å². The zero-order valence-electron chi connectivity index (χ0n) is 12.7. The van der Waals surface area contributed by atoms with Crippen LogP contribution in [0, 0.1) is 10.8 Å². The van der Waals surface area contributed by atoms with Crippen molar-refractivity contribution in [2.45, 2.75) is 96.7 Å². The standard InChI is InChI=1S/C18H28I2/c19-17-9-1-5-15(13-17,6-2-10-17)16-7-3-11-18(20,14-16)12-4-8-16/h1-14H2. The number of rotatable bonds is 1. The van der Waals surface area contributed by atoms with Crippen LogP contribution in [0.5, 0.6) is 0 Å². The minimum atomic E-state index is 0.686. The van der Waals surface area contributed by atoms with Crippen LogP contribution in [0.3, 0.4) is 0 Å². The molecule has 0 radical (unpaired) electrons. The van der Waals surface area contributed by atoms with Crippen LogP contribution in [0.25, 0.3) is 0 Å². The molecule has 0 N–H and O–H groups in total. The Kier molecular flexibility index (Phi) is 3.74. The molecule has 0 spiro atoms. The summed E-state index contributed by atoms with van der Waals surface area (Å²) in [6.45, 7) is 0. The topological polar surface area (TPSA) is 0 Å². The van der Waals surface area contributed by atoms with Gasteiger partial charge in [0.25, 0.3) is 0 Å². The van der Waals surface area contributed by atoms with Crippen molar-refractivity contribution in [1.82, 2.24) is 0 Å². The van der Waals surface area contributed by atoms with E-state index in [1.54, 1.807) is 38.5 Å². The van der Waals surface area contributed by atoms with Crippen LogP contribution in [0.2, 0.25) is 0 Å². The van der Waals surface area contributed by atoms with Gasteiger partial charge in [-0.1, -0.05) is 70.9 Å². The predicted molar refractivity (Wildman–Crippen MR) is 103 cm³/mol. The van der Waals surface area contributed by atoms with E-state index >= 15 is 0 Å². The first-order valence-electron chi connectivity index (χ1n) is 8.87. The maximum atomic E-state index is 2.87. The van der Waals surface area contributed by atoms with Gasteiger partial charge in [-0.2, -0.15) is 0 Å². The highest BCUT2D eigenvalue weighted by Gasteiger charge is 2.60. The third kappa shape index (κ3) is 2.24. The molecule has 4 rings (SSSR count). The van der Waals surface area contributed by atoms with Crippen molar-refractivity contribution in [3.8, 4) is 0 Å². The third-order valence-electron chi connectivity index (χ3n) is 7.56. The highest BCUT2D eigenvalue weighted by molar-refractivity contribution is 14.1. The van der Waals surface area contributed by atoms with Gasteiger partial charge in [0.2, 0.25) is 0 Å². The Balaban J connectivity index is 1.71. The summed E-state index contributed by atoms with van der Waals surface area (Å²) in [6, 6.07) is 0. The molecule has 0 aromatic rings. The highest BCUT2D eigenvalue weighted by atomic mass is 127. The molecule has 4 bridgehead atoms. The second-order valence-electron chi connectivity index (χ2n) is 8.63. The summed E-state index contributed by atoms with van der Waals surface area (Å²) in [6.07, 6.45) is 21.6. The summed E-state index contributed by atoms with van der Waals surface area (Å²) in [5, 5.41) is 0. The van der Waals surface area contributed by atoms with Crippen molar-refractivity contribution >= 4 is 45.2 Å². The molecule has 20 heavy (non-hydrogen) atoms. The monoisotopic (exact) mass is 498 g/mol. The van der Waals surface area contributed by atoms with E-state index in [4.69, 9.17) is 0 Å². The Hall–Kier alpha value is 1.46. The fraction of sp³-hybridized carbons (Fsp3) is 1.00. The fourth-order valence-electron chi connectivity index (χ4n) is 6.83. The van der Waals surface area contributed by atoms with E-state index in [0.29, 0.717) is 6.84 Å². The molecule has 0 heterocycles. The van der Waals surface area contributed by atoms with Gasteiger partial charge in [-0.3, -0.25) is 0 Å². The van der Waals surface area contributed by atoms with E-state index < -0.39 is 0 Å². The lowest BCUT2D eigenvalue weighted by Crippen LogP contribution is -2.56. The number of alkyl halides is 2. The average Bonchev–Trinajstić information content (AvgIpc) is 2.37. The molecule has 0 saturated heterocycles.